The monoisotopic (exact) mass is 273 g/mol. The van der Waals surface area contributed by atoms with Crippen molar-refractivity contribution in [3.05, 3.63) is 59.2 Å². The van der Waals surface area contributed by atoms with E-state index >= 15 is 0 Å². The Hall–Kier alpha value is -2.74. The van der Waals surface area contributed by atoms with Gasteiger partial charge < -0.3 is 4.74 Å². The predicted octanol–water partition coefficient (Wildman–Crippen LogP) is 3.83. The van der Waals surface area contributed by atoms with Crippen LogP contribution in [0.15, 0.2) is 36.4 Å². The number of nitriles is 1. The highest BCUT2D eigenvalue weighted by Crippen LogP contribution is 2.29. The van der Waals surface area contributed by atoms with Crippen molar-refractivity contribution in [3.8, 4) is 17.6 Å². The number of benzene rings is 2. The Kier molecular flexibility index (Phi) is 3.76. The van der Waals surface area contributed by atoms with Crippen molar-refractivity contribution in [2.24, 2.45) is 0 Å². The molecule has 100 valence electrons. The van der Waals surface area contributed by atoms with E-state index in [2.05, 4.69) is 0 Å². The number of hydrogen-bond acceptors (Lipinski definition) is 3. The van der Waals surface area contributed by atoms with Crippen molar-refractivity contribution >= 4 is 5.78 Å². The number of nitrogens with zero attached hydrogens (tertiary/aromatic N) is 1. The van der Waals surface area contributed by atoms with E-state index in [1.165, 1.54) is 25.1 Å². The number of halogens is 2. The van der Waals surface area contributed by atoms with Gasteiger partial charge in [0.25, 0.3) is 0 Å². The average molecular weight is 273 g/mol. The Morgan fingerprint density at radius 2 is 1.95 bits per heavy atom. The van der Waals surface area contributed by atoms with E-state index < -0.39 is 17.4 Å². The number of ketones is 1. The van der Waals surface area contributed by atoms with E-state index in [9.17, 15) is 13.6 Å². The van der Waals surface area contributed by atoms with Crippen LogP contribution in [-0.2, 0) is 0 Å². The summed E-state index contributed by atoms with van der Waals surface area (Å²) in [5.74, 6) is -1.66. The van der Waals surface area contributed by atoms with Crippen LogP contribution in [0.25, 0.3) is 0 Å². The van der Waals surface area contributed by atoms with Gasteiger partial charge >= 0.3 is 0 Å². The molecule has 0 aliphatic heterocycles. The van der Waals surface area contributed by atoms with E-state index in [-0.39, 0.29) is 22.6 Å². The van der Waals surface area contributed by atoms with Crippen LogP contribution >= 0.6 is 0 Å². The molecule has 0 heterocycles. The van der Waals surface area contributed by atoms with Gasteiger partial charge in [0.05, 0.1) is 5.56 Å². The Bertz CT molecular complexity index is 720. The zero-order valence-corrected chi connectivity index (χ0v) is 10.5. The van der Waals surface area contributed by atoms with Gasteiger partial charge in [0.15, 0.2) is 5.78 Å². The van der Waals surface area contributed by atoms with Crippen molar-refractivity contribution < 1.29 is 18.3 Å². The smallest absolute Gasteiger partial charge is 0.163 e. The molecule has 0 saturated carbocycles. The first kappa shape index (κ1) is 13.7. The van der Waals surface area contributed by atoms with Crippen LogP contribution in [0.1, 0.15) is 22.8 Å². The lowest BCUT2D eigenvalue weighted by molar-refractivity contribution is 0.101. The van der Waals surface area contributed by atoms with Crippen molar-refractivity contribution in [1.82, 2.24) is 0 Å². The molecule has 3 nitrogen and oxygen atoms in total. The largest absolute Gasteiger partial charge is 0.455 e. The molecule has 0 aliphatic carbocycles. The lowest BCUT2D eigenvalue weighted by Gasteiger charge is -2.10. The lowest BCUT2D eigenvalue weighted by atomic mass is 10.1. The first-order chi connectivity index (χ1) is 9.52. The summed E-state index contributed by atoms with van der Waals surface area (Å²) < 4.78 is 32.0. The minimum atomic E-state index is -0.725. The molecule has 0 atom stereocenters. The van der Waals surface area contributed by atoms with Gasteiger partial charge in [0.2, 0.25) is 0 Å². The molecule has 2 aromatic rings. The van der Waals surface area contributed by atoms with Gasteiger partial charge in [-0.2, -0.15) is 5.26 Å². The maximum Gasteiger partial charge on any atom is 0.163 e. The van der Waals surface area contributed by atoms with Gasteiger partial charge in [-0.15, -0.1) is 0 Å². The summed E-state index contributed by atoms with van der Waals surface area (Å²) in [6.07, 6.45) is 0. The lowest BCUT2D eigenvalue weighted by Crippen LogP contribution is -1.99. The van der Waals surface area contributed by atoms with Crippen LogP contribution in [0.5, 0.6) is 11.5 Å². The third-order valence-corrected chi connectivity index (χ3v) is 2.63. The Balaban J connectivity index is 2.49. The third kappa shape index (κ3) is 2.64. The minimum Gasteiger partial charge on any atom is -0.455 e. The Morgan fingerprint density at radius 3 is 2.60 bits per heavy atom. The fraction of sp³-hybridized carbons (Fsp3) is 0.0667. The summed E-state index contributed by atoms with van der Waals surface area (Å²) in [4.78, 5) is 11.4. The van der Waals surface area contributed by atoms with Crippen LogP contribution in [0.2, 0.25) is 0 Å². The predicted molar refractivity (Wildman–Crippen MR) is 67.6 cm³/mol. The SMILES string of the molecule is CC(=O)c1cc(F)ccc1Oc1cccc(F)c1C#N. The topological polar surface area (TPSA) is 50.1 Å². The van der Waals surface area contributed by atoms with Gasteiger partial charge in [-0.25, -0.2) is 8.78 Å². The highest BCUT2D eigenvalue weighted by atomic mass is 19.1. The molecule has 0 N–H and O–H groups in total. The second kappa shape index (κ2) is 5.49. The highest BCUT2D eigenvalue weighted by molar-refractivity contribution is 5.96. The van der Waals surface area contributed by atoms with Gasteiger partial charge in [0.1, 0.15) is 34.8 Å². The maximum atomic E-state index is 13.4. The van der Waals surface area contributed by atoms with Crippen molar-refractivity contribution in [2.45, 2.75) is 6.92 Å². The van der Waals surface area contributed by atoms with Gasteiger partial charge in [-0.3, -0.25) is 4.79 Å². The molecule has 5 heteroatoms. The fourth-order valence-electron chi connectivity index (χ4n) is 1.68. The molecule has 2 rings (SSSR count). The number of Topliss-reactive ketones (excluding diaryl/α,β-unsaturated/α-hetero) is 1. The van der Waals surface area contributed by atoms with E-state index in [1.54, 1.807) is 6.07 Å². The van der Waals surface area contributed by atoms with Crippen LogP contribution in [0.4, 0.5) is 8.78 Å². The van der Waals surface area contributed by atoms with Crippen LogP contribution in [0.3, 0.4) is 0 Å². The van der Waals surface area contributed by atoms with Crippen molar-refractivity contribution in [1.29, 1.82) is 5.26 Å². The quantitative estimate of drug-likeness (QED) is 0.798. The molecular formula is C15H9F2NO2. The molecule has 0 aromatic heterocycles. The zero-order chi connectivity index (χ0) is 14.7. The minimum absolute atomic E-state index is 0.0261. The molecule has 2 aromatic carbocycles. The summed E-state index contributed by atoms with van der Waals surface area (Å²) in [5, 5.41) is 8.90. The van der Waals surface area contributed by atoms with Gasteiger partial charge in [0, 0.05) is 0 Å². The van der Waals surface area contributed by atoms with Crippen molar-refractivity contribution in [3.63, 3.8) is 0 Å². The molecule has 0 saturated heterocycles. The summed E-state index contributed by atoms with van der Waals surface area (Å²) in [7, 11) is 0. The number of rotatable bonds is 3. The number of carbonyl (C=O) groups is 1. The second-order valence-corrected chi connectivity index (χ2v) is 4.02. The highest BCUT2D eigenvalue weighted by Gasteiger charge is 2.14. The molecule has 0 amide bonds. The standard InChI is InChI=1S/C15H9F2NO2/c1-9(19)11-7-10(16)5-6-15(11)20-14-4-2-3-13(17)12(14)8-18/h2-7H,1H3. The maximum absolute atomic E-state index is 13.4. The second-order valence-electron chi connectivity index (χ2n) is 4.02. The molecule has 20 heavy (non-hydrogen) atoms. The van der Waals surface area contributed by atoms with E-state index in [0.29, 0.717) is 0 Å². The summed E-state index contributed by atoms with van der Waals surface area (Å²) >= 11 is 0. The summed E-state index contributed by atoms with van der Waals surface area (Å²) in [6, 6.07) is 9.00. The van der Waals surface area contributed by atoms with Gasteiger partial charge in [-0.05, 0) is 37.3 Å². The van der Waals surface area contributed by atoms with E-state index in [4.69, 9.17) is 10.00 Å². The zero-order valence-electron chi connectivity index (χ0n) is 10.5. The molecule has 0 unspecified atom stereocenters. The Morgan fingerprint density at radius 1 is 1.20 bits per heavy atom. The van der Waals surface area contributed by atoms with Gasteiger partial charge in [-0.1, -0.05) is 6.07 Å². The fourth-order valence-corrected chi connectivity index (χ4v) is 1.68. The molecule has 0 fully saturated rings. The average Bonchev–Trinajstić information content (AvgIpc) is 2.41. The summed E-state index contributed by atoms with van der Waals surface area (Å²) in [5.41, 5.74) is -0.246. The molecular weight excluding hydrogens is 264 g/mol. The van der Waals surface area contributed by atoms with Crippen molar-refractivity contribution in [2.75, 3.05) is 0 Å². The van der Waals surface area contributed by atoms with Crippen LogP contribution < -0.4 is 4.74 Å². The molecule has 0 aliphatic rings. The molecule has 0 bridgehead atoms. The number of carbonyl (C=O) groups excluding carboxylic acids is 1. The third-order valence-electron chi connectivity index (χ3n) is 2.63. The number of hydrogen-bond donors (Lipinski definition) is 0. The Labute approximate surface area is 114 Å². The van der Waals surface area contributed by atoms with E-state index in [1.807, 2.05) is 0 Å². The van der Waals surface area contributed by atoms with E-state index in [0.717, 1.165) is 18.2 Å². The first-order valence-electron chi connectivity index (χ1n) is 5.70. The van der Waals surface area contributed by atoms with Crippen LogP contribution in [0, 0.1) is 23.0 Å². The number of ether oxygens (including phenoxy) is 1. The molecule has 0 radical (unpaired) electrons. The first-order valence-corrected chi connectivity index (χ1v) is 5.70. The summed E-state index contributed by atoms with van der Waals surface area (Å²) in [6.45, 7) is 1.26. The normalized spacial score (nSPS) is 9.90. The molecule has 0 spiro atoms. The van der Waals surface area contributed by atoms with Crippen LogP contribution in [-0.4, -0.2) is 5.78 Å².